The number of hydrogen-bond acceptors (Lipinski definition) is 4. The van der Waals surface area contributed by atoms with Gasteiger partial charge in [-0.3, -0.25) is 0 Å². The van der Waals surface area contributed by atoms with Gasteiger partial charge in [-0.05, 0) is 19.3 Å². The molecule has 4 heteroatoms. The Labute approximate surface area is 110 Å². The van der Waals surface area contributed by atoms with Crippen LogP contribution in [0.3, 0.4) is 0 Å². The lowest BCUT2D eigenvalue weighted by molar-refractivity contribution is 0.109. The van der Waals surface area contributed by atoms with E-state index in [0.29, 0.717) is 6.10 Å². The summed E-state index contributed by atoms with van der Waals surface area (Å²) in [7, 11) is 0. The predicted molar refractivity (Wildman–Crippen MR) is 74.8 cm³/mol. The van der Waals surface area contributed by atoms with Crippen LogP contribution in [-0.2, 0) is 4.74 Å². The molecule has 0 aromatic rings. The standard InChI is InChI=1S/C13H26N2OS/c1-2-13-11-15(7-9-17-13)6-5-14-10-12-4-3-8-16-12/h12-14H,2-11H2,1H3. The Hall–Kier alpha value is 0.230. The van der Waals surface area contributed by atoms with E-state index in [4.69, 9.17) is 4.74 Å². The lowest BCUT2D eigenvalue weighted by Crippen LogP contribution is -2.42. The normalized spacial score (nSPS) is 30.9. The van der Waals surface area contributed by atoms with E-state index in [1.165, 1.54) is 44.6 Å². The smallest absolute Gasteiger partial charge is 0.0700 e. The summed E-state index contributed by atoms with van der Waals surface area (Å²) in [5.74, 6) is 1.31. The van der Waals surface area contributed by atoms with Crippen molar-refractivity contribution in [2.45, 2.75) is 37.5 Å². The number of rotatable bonds is 6. The molecule has 3 nitrogen and oxygen atoms in total. The summed E-state index contributed by atoms with van der Waals surface area (Å²) in [6, 6.07) is 0. The predicted octanol–water partition coefficient (Wildman–Crippen LogP) is 1.58. The molecule has 2 heterocycles. The first-order valence-electron chi connectivity index (χ1n) is 7.04. The van der Waals surface area contributed by atoms with E-state index in [2.05, 4.69) is 28.9 Å². The van der Waals surface area contributed by atoms with Crippen molar-refractivity contribution >= 4 is 11.8 Å². The fraction of sp³-hybridized carbons (Fsp3) is 1.00. The number of thioether (sulfide) groups is 1. The summed E-state index contributed by atoms with van der Waals surface area (Å²) in [5.41, 5.74) is 0. The van der Waals surface area contributed by atoms with Gasteiger partial charge in [-0.15, -0.1) is 0 Å². The first kappa shape index (κ1) is 13.7. The summed E-state index contributed by atoms with van der Waals surface area (Å²) in [5, 5.41) is 4.40. The van der Waals surface area contributed by atoms with E-state index in [1.807, 2.05) is 0 Å². The van der Waals surface area contributed by atoms with Crippen LogP contribution in [0.25, 0.3) is 0 Å². The van der Waals surface area contributed by atoms with Crippen LogP contribution in [0.1, 0.15) is 26.2 Å². The van der Waals surface area contributed by atoms with Crippen molar-refractivity contribution in [2.24, 2.45) is 0 Å². The van der Waals surface area contributed by atoms with E-state index in [-0.39, 0.29) is 0 Å². The van der Waals surface area contributed by atoms with Crippen molar-refractivity contribution in [1.29, 1.82) is 0 Å². The molecule has 0 aromatic heterocycles. The summed E-state index contributed by atoms with van der Waals surface area (Å²) in [4.78, 5) is 2.60. The van der Waals surface area contributed by atoms with Crippen molar-refractivity contribution in [1.82, 2.24) is 10.2 Å². The van der Waals surface area contributed by atoms with E-state index >= 15 is 0 Å². The second-order valence-corrected chi connectivity index (χ2v) is 6.45. The maximum Gasteiger partial charge on any atom is 0.0700 e. The molecule has 2 unspecified atom stereocenters. The molecule has 0 bridgehead atoms. The molecule has 2 atom stereocenters. The van der Waals surface area contributed by atoms with Crippen LogP contribution < -0.4 is 5.32 Å². The number of nitrogens with zero attached hydrogens (tertiary/aromatic N) is 1. The molecule has 0 amide bonds. The molecule has 0 aromatic carbocycles. The van der Waals surface area contributed by atoms with Gasteiger partial charge in [0.1, 0.15) is 0 Å². The molecular weight excluding hydrogens is 232 g/mol. The highest BCUT2D eigenvalue weighted by atomic mass is 32.2. The molecule has 0 aliphatic carbocycles. The van der Waals surface area contributed by atoms with Gasteiger partial charge in [0.25, 0.3) is 0 Å². The van der Waals surface area contributed by atoms with Crippen LogP contribution in [-0.4, -0.2) is 61.3 Å². The van der Waals surface area contributed by atoms with Crippen LogP contribution in [0, 0.1) is 0 Å². The molecule has 0 radical (unpaired) electrons. The third-order valence-electron chi connectivity index (χ3n) is 3.68. The largest absolute Gasteiger partial charge is 0.377 e. The van der Waals surface area contributed by atoms with Crippen LogP contribution in [0.5, 0.6) is 0 Å². The zero-order valence-electron chi connectivity index (χ0n) is 11.0. The van der Waals surface area contributed by atoms with Crippen molar-refractivity contribution in [3.05, 3.63) is 0 Å². The van der Waals surface area contributed by atoms with E-state index in [1.54, 1.807) is 0 Å². The number of nitrogens with one attached hydrogen (secondary N) is 1. The third kappa shape index (κ3) is 4.78. The molecule has 2 aliphatic rings. The minimum Gasteiger partial charge on any atom is -0.377 e. The number of hydrogen-bond donors (Lipinski definition) is 1. The quantitative estimate of drug-likeness (QED) is 0.731. The van der Waals surface area contributed by atoms with Gasteiger partial charge in [0.15, 0.2) is 0 Å². The fourth-order valence-corrected chi connectivity index (χ4v) is 3.78. The lowest BCUT2D eigenvalue weighted by atomic mass is 10.2. The second kappa shape index (κ2) is 7.62. The molecule has 2 rings (SSSR count). The average molecular weight is 258 g/mol. The van der Waals surface area contributed by atoms with Crippen molar-refractivity contribution < 1.29 is 4.74 Å². The van der Waals surface area contributed by atoms with Gasteiger partial charge in [0.2, 0.25) is 0 Å². The van der Waals surface area contributed by atoms with Crippen LogP contribution in [0.4, 0.5) is 0 Å². The van der Waals surface area contributed by atoms with Crippen molar-refractivity contribution in [3.8, 4) is 0 Å². The lowest BCUT2D eigenvalue weighted by Gasteiger charge is -2.31. The highest BCUT2D eigenvalue weighted by Gasteiger charge is 2.18. The van der Waals surface area contributed by atoms with Crippen LogP contribution in [0.2, 0.25) is 0 Å². The van der Waals surface area contributed by atoms with Crippen molar-refractivity contribution in [3.63, 3.8) is 0 Å². The number of ether oxygens (including phenoxy) is 1. The molecule has 1 N–H and O–H groups in total. The molecule has 100 valence electrons. The van der Waals surface area contributed by atoms with Gasteiger partial charge in [0, 0.05) is 50.3 Å². The molecule has 2 fully saturated rings. The minimum atomic E-state index is 0.482. The Bertz CT molecular complexity index is 210. The van der Waals surface area contributed by atoms with Crippen LogP contribution >= 0.6 is 11.8 Å². The Morgan fingerprint density at radius 1 is 1.47 bits per heavy atom. The van der Waals surface area contributed by atoms with Gasteiger partial charge in [0.05, 0.1) is 6.10 Å². The zero-order chi connectivity index (χ0) is 11.9. The van der Waals surface area contributed by atoms with Crippen molar-refractivity contribution in [2.75, 3.05) is 45.1 Å². The minimum absolute atomic E-state index is 0.482. The second-order valence-electron chi connectivity index (χ2n) is 5.04. The SMILES string of the molecule is CCC1CN(CCNCC2CCCO2)CCS1. The first-order valence-corrected chi connectivity index (χ1v) is 8.09. The summed E-state index contributed by atoms with van der Waals surface area (Å²) >= 11 is 2.14. The highest BCUT2D eigenvalue weighted by molar-refractivity contribution is 8.00. The Morgan fingerprint density at radius 3 is 3.18 bits per heavy atom. The molecular formula is C13H26N2OS. The maximum atomic E-state index is 5.60. The van der Waals surface area contributed by atoms with Gasteiger partial charge >= 0.3 is 0 Å². The monoisotopic (exact) mass is 258 g/mol. The average Bonchev–Trinajstić information content (AvgIpc) is 2.88. The Morgan fingerprint density at radius 2 is 2.41 bits per heavy atom. The Balaban J connectivity index is 1.52. The highest BCUT2D eigenvalue weighted by Crippen LogP contribution is 2.20. The van der Waals surface area contributed by atoms with E-state index < -0.39 is 0 Å². The van der Waals surface area contributed by atoms with Gasteiger partial charge in [-0.25, -0.2) is 0 Å². The maximum absolute atomic E-state index is 5.60. The van der Waals surface area contributed by atoms with Gasteiger partial charge in [-0.2, -0.15) is 11.8 Å². The summed E-state index contributed by atoms with van der Waals surface area (Å²) < 4.78 is 5.60. The fourth-order valence-electron chi connectivity index (χ4n) is 2.54. The third-order valence-corrected chi connectivity index (χ3v) is 5.05. The molecule has 2 saturated heterocycles. The first-order chi connectivity index (χ1) is 8.38. The Kier molecular flexibility index (Phi) is 6.12. The summed E-state index contributed by atoms with van der Waals surface area (Å²) in [6.07, 6.45) is 4.28. The van der Waals surface area contributed by atoms with E-state index in [0.717, 1.165) is 24.9 Å². The molecule has 0 spiro atoms. The zero-order valence-corrected chi connectivity index (χ0v) is 11.8. The molecule has 0 saturated carbocycles. The topological polar surface area (TPSA) is 24.5 Å². The van der Waals surface area contributed by atoms with Gasteiger partial charge in [-0.1, -0.05) is 6.92 Å². The summed E-state index contributed by atoms with van der Waals surface area (Å²) in [6.45, 7) is 9.17. The van der Waals surface area contributed by atoms with E-state index in [9.17, 15) is 0 Å². The molecule has 17 heavy (non-hydrogen) atoms. The molecule has 2 aliphatic heterocycles. The van der Waals surface area contributed by atoms with Crippen LogP contribution in [0.15, 0.2) is 0 Å². The van der Waals surface area contributed by atoms with Gasteiger partial charge < -0.3 is 15.0 Å².